The van der Waals surface area contributed by atoms with Crippen LogP contribution in [-0.4, -0.2) is 5.33 Å². The van der Waals surface area contributed by atoms with Crippen LogP contribution in [0.5, 0.6) is 0 Å². The van der Waals surface area contributed by atoms with Crippen LogP contribution in [0.15, 0.2) is 18.2 Å². The van der Waals surface area contributed by atoms with E-state index >= 15 is 0 Å². The van der Waals surface area contributed by atoms with Crippen molar-refractivity contribution in [1.82, 2.24) is 0 Å². The third-order valence-corrected chi connectivity index (χ3v) is 1.94. The van der Waals surface area contributed by atoms with Gasteiger partial charge in [0.05, 0.1) is 11.4 Å². The summed E-state index contributed by atoms with van der Waals surface area (Å²) in [4.78, 5) is 0. The van der Waals surface area contributed by atoms with Gasteiger partial charge in [-0.25, -0.2) is 0 Å². The first-order valence-corrected chi connectivity index (χ1v) is 5.06. The van der Waals surface area contributed by atoms with Crippen LogP contribution in [0.25, 0.3) is 0 Å². The van der Waals surface area contributed by atoms with Crippen molar-refractivity contribution < 1.29 is 0 Å². The Morgan fingerprint density at radius 1 is 1.23 bits per heavy atom. The smallest absolute Gasteiger partial charge is 0.0560 e. The number of nitrogens with two attached hydrogens (primary N) is 2. The van der Waals surface area contributed by atoms with Crippen LogP contribution in [0.4, 0.5) is 11.4 Å². The highest BCUT2D eigenvalue weighted by Crippen LogP contribution is 2.14. The standard InChI is InChI=1S/C10H11BrN2/c11-6-2-1-3-8-4-5-9(12)10(13)7-8/h4-5,7H,2,6,12-13H2. The van der Waals surface area contributed by atoms with Crippen molar-refractivity contribution in [3.8, 4) is 11.8 Å². The minimum atomic E-state index is 0.589. The molecule has 0 unspecified atom stereocenters. The molecule has 13 heavy (non-hydrogen) atoms. The number of halogens is 1. The SMILES string of the molecule is Nc1ccc(C#CCCBr)cc1N. The molecule has 2 nitrogen and oxygen atoms in total. The summed E-state index contributed by atoms with van der Waals surface area (Å²) < 4.78 is 0. The van der Waals surface area contributed by atoms with Crippen LogP contribution in [-0.2, 0) is 0 Å². The number of anilines is 2. The summed E-state index contributed by atoms with van der Waals surface area (Å²) in [6.45, 7) is 0. The first kappa shape index (κ1) is 9.94. The van der Waals surface area contributed by atoms with Gasteiger partial charge >= 0.3 is 0 Å². The minimum absolute atomic E-state index is 0.589. The number of alkyl halides is 1. The summed E-state index contributed by atoms with van der Waals surface area (Å²) in [6.07, 6.45) is 0.838. The average molecular weight is 239 g/mol. The Morgan fingerprint density at radius 2 is 2.00 bits per heavy atom. The molecule has 0 aliphatic carbocycles. The number of rotatable bonds is 1. The van der Waals surface area contributed by atoms with Crippen molar-refractivity contribution in [2.75, 3.05) is 16.8 Å². The highest BCUT2D eigenvalue weighted by Gasteiger charge is 1.93. The van der Waals surface area contributed by atoms with E-state index in [9.17, 15) is 0 Å². The van der Waals surface area contributed by atoms with Crippen LogP contribution >= 0.6 is 15.9 Å². The lowest BCUT2D eigenvalue weighted by atomic mass is 10.2. The van der Waals surface area contributed by atoms with Gasteiger partial charge in [0, 0.05) is 17.3 Å². The molecule has 0 bridgehead atoms. The predicted molar refractivity (Wildman–Crippen MR) is 60.6 cm³/mol. The second-order valence-electron chi connectivity index (χ2n) is 2.58. The van der Waals surface area contributed by atoms with Gasteiger partial charge in [-0.15, -0.1) is 0 Å². The fraction of sp³-hybridized carbons (Fsp3) is 0.200. The van der Waals surface area contributed by atoms with E-state index in [0.717, 1.165) is 17.3 Å². The maximum absolute atomic E-state index is 5.62. The van der Waals surface area contributed by atoms with E-state index in [1.165, 1.54) is 0 Å². The molecular formula is C10H11BrN2. The normalized spacial score (nSPS) is 9.00. The van der Waals surface area contributed by atoms with Gasteiger partial charge in [0.2, 0.25) is 0 Å². The van der Waals surface area contributed by atoms with Crippen LogP contribution in [0, 0.1) is 11.8 Å². The largest absolute Gasteiger partial charge is 0.397 e. The highest BCUT2D eigenvalue weighted by atomic mass is 79.9. The Hall–Kier alpha value is -1.14. The summed E-state index contributed by atoms with van der Waals surface area (Å²) in [5.74, 6) is 6.00. The lowest BCUT2D eigenvalue weighted by molar-refractivity contribution is 1.32. The molecule has 0 saturated carbocycles. The molecule has 1 aromatic rings. The fourth-order valence-corrected chi connectivity index (χ4v) is 1.06. The van der Waals surface area contributed by atoms with Gasteiger partial charge in [-0.2, -0.15) is 0 Å². The quantitative estimate of drug-likeness (QED) is 0.447. The molecule has 0 heterocycles. The summed E-state index contributed by atoms with van der Waals surface area (Å²) in [7, 11) is 0. The fourth-order valence-electron chi connectivity index (χ4n) is 0.864. The van der Waals surface area contributed by atoms with E-state index in [1.54, 1.807) is 12.1 Å². The molecule has 0 atom stereocenters. The number of hydrogen-bond acceptors (Lipinski definition) is 2. The Labute approximate surface area is 86.4 Å². The van der Waals surface area contributed by atoms with Gasteiger partial charge in [-0.3, -0.25) is 0 Å². The lowest BCUT2D eigenvalue weighted by Gasteiger charge is -1.98. The molecule has 0 aliphatic rings. The first-order valence-electron chi connectivity index (χ1n) is 3.94. The Balaban J connectivity index is 2.81. The molecule has 0 amide bonds. The van der Waals surface area contributed by atoms with Crippen LogP contribution in [0.3, 0.4) is 0 Å². The van der Waals surface area contributed by atoms with Crippen molar-refractivity contribution in [1.29, 1.82) is 0 Å². The maximum atomic E-state index is 5.62. The van der Waals surface area contributed by atoms with Gasteiger partial charge in [-0.05, 0) is 18.2 Å². The number of hydrogen-bond donors (Lipinski definition) is 2. The second-order valence-corrected chi connectivity index (χ2v) is 3.38. The van der Waals surface area contributed by atoms with Crippen molar-refractivity contribution in [2.45, 2.75) is 6.42 Å². The van der Waals surface area contributed by atoms with Gasteiger partial charge < -0.3 is 11.5 Å². The van der Waals surface area contributed by atoms with Crippen molar-refractivity contribution >= 4 is 27.3 Å². The minimum Gasteiger partial charge on any atom is -0.397 e. The third-order valence-electron chi connectivity index (χ3n) is 1.54. The molecule has 0 spiro atoms. The van der Waals surface area contributed by atoms with Crippen LogP contribution in [0.2, 0.25) is 0 Å². The maximum Gasteiger partial charge on any atom is 0.0560 e. The van der Waals surface area contributed by atoms with Crippen molar-refractivity contribution in [3.63, 3.8) is 0 Å². The topological polar surface area (TPSA) is 52.0 Å². The van der Waals surface area contributed by atoms with Gasteiger partial charge in [0.1, 0.15) is 0 Å². The van der Waals surface area contributed by atoms with E-state index in [2.05, 4.69) is 27.8 Å². The van der Waals surface area contributed by atoms with Crippen LogP contribution < -0.4 is 11.5 Å². The molecule has 0 aliphatic heterocycles. The van der Waals surface area contributed by atoms with Crippen molar-refractivity contribution in [2.24, 2.45) is 0 Å². The molecule has 0 fully saturated rings. The molecule has 3 heteroatoms. The molecule has 1 aromatic carbocycles. The molecule has 4 N–H and O–H groups in total. The van der Waals surface area contributed by atoms with E-state index in [-0.39, 0.29) is 0 Å². The van der Waals surface area contributed by atoms with E-state index in [0.29, 0.717) is 11.4 Å². The monoisotopic (exact) mass is 238 g/mol. The molecule has 0 aromatic heterocycles. The molecule has 0 radical (unpaired) electrons. The third kappa shape index (κ3) is 3.00. The predicted octanol–water partition coefficient (Wildman–Crippen LogP) is 1.99. The Morgan fingerprint density at radius 3 is 2.62 bits per heavy atom. The summed E-state index contributed by atoms with van der Waals surface area (Å²) in [5, 5.41) is 0.893. The van der Waals surface area contributed by atoms with Gasteiger partial charge in [-0.1, -0.05) is 27.8 Å². The molecule has 1 rings (SSSR count). The van der Waals surface area contributed by atoms with E-state index in [1.807, 2.05) is 6.07 Å². The molecule has 68 valence electrons. The Kier molecular flexibility index (Phi) is 3.66. The molecular weight excluding hydrogens is 228 g/mol. The van der Waals surface area contributed by atoms with E-state index < -0.39 is 0 Å². The second kappa shape index (κ2) is 4.78. The Bertz CT molecular complexity index is 350. The average Bonchev–Trinajstić information content (AvgIpc) is 2.12. The summed E-state index contributed by atoms with van der Waals surface area (Å²) in [6, 6.07) is 5.43. The summed E-state index contributed by atoms with van der Waals surface area (Å²) >= 11 is 3.30. The summed E-state index contributed by atoms with van der Waals surface area (Å²) in [5.41, 5.74) is 13.3. The molecule has 0 saturated heterocycles. The first-order chi connectivity index (χ1) is 6.24. The lowest BCUT2D eigenvalue weighted by Crippen LogP contribution is -1.94. The zero-order valence-electron chi connectivity index (χ0n) is 7.18. The zero-order chi connectivity index (χ0) is 9.68. The zero-order valence-corrected chi connectivity index (χ0v) is 8.76. The highest BCUT2D eigenvalue weighted by molar-refractivity contribution is 9.09. The van der Waals surface area contributed by atoms with Crippen LogP contribution in [0.1, 0.15) is 12.0 Å². The number of nitrogen functional groups attached to an aromatic ring is 2. The van der Waals surface area contributed by atoms with E-state index in [4.69, 9.17) is 11.5 Å². The number of benzene rings is 1. The van der Waals surface area contributed by atoms with Crippen molar-refractivity contribution in [3.05, 3.63) is 23.8 Å². The van der Waals surface area contributed by atoms with Gasteiger partial charge in [0.15, 0.2) is 0 Å². The van der Waals surface area contributed by atoms with Gasteiger partial charge in [0.25, 0.3) is 0 Å².